The number of halogens is 3. The lowest BCUT2D eigenvalue weighted by Gasteiger charge is -2.13. The average molecular weight is 359 g/mol. The van der Waals surface area contributed by atoms with Gasteiger partial charge in [-0.15, -0.1) is 0 Å². The van der Waals surface area contributed by atoms with Crippen molar-refractivity contribution in [1.29, 1.82) is 0 Å². The first kappa shape index (κ1) is 17.7. The van der Waals surface area contributed by atoms with Crippen LogP contribution in [0.15, 0.2) is 54.7 Å². The third-order valence-electron chi connectivity index (χ3n) is 4.01. The van der Waals surface area contributed by atoms with Gasteiger partial charge >= 0.3 is 6.18 Å². The molecule has 2 aromatic carbocycles. The number of aryl methyl sites for hydroxylation is 1. The van der Waals surface area contributed by atoms with Crippen LogP contribution in [0.2, 0.25) is 0 Å². The highest BCUT2D eigenvalue weighted by molar-refractivity contribution is 5.99. The molecule has 0 unspecified atom stereocenters. The molecule has 0 fully saturated rings. The number of carbonyl (C=O) groups is 1. The van der Waals surface area contributed by atoms with Crippen molar-refractivity contribution >= 4 is 5.91 Å². The second-order valence-corrected chi connectivity index (χ2v) is 5.97. The fraction of sp³-hybridized carbons (Fsp3) is 0.158. The van der Waals surface area contributed by atoms with Gasteiger partial charge in [-0.05, 0) is 30.7 Å². The van der Waals surface area contributed by atoms with Crippen LogP contribution >= 0.6 is 0 Å². The Morgan fingerprint density at radius 2 is 1.88 bits per heavy atom. The number of nitrogens with zero attached hydrogens (tertiary/aromatic N) is 2. The van der Waals surface area contributed by atoms with Crippen LogP contribution in [0.3, 0.4) is 0 Å². The lowest BCUT2D eigenvalue weighted by molar-refractivity contribution is -0.138. The fourth-order valence-electron chi connectivity index (χ4n) is 2.78. The molecular weight excluding hydrogens is 343 g/mol. The average Bonchev–Trinajstić information content (AvgIpc) is 3.04. The number of primary amides is 1. The van der Waals surface area contributed by atoms with E-state index in [4.69, 9.17) is 5.73 Å². The molecule has 0 bridgehead atoms. The van der Waals surface area contributed by atoms with Crippen LogP contribution in [0.25, 0.3) is 11.3 Å². The third kappa shape index (κ3) is 3.61. The number of benzene rings is 2. The van der Waals surface area contributed by atoms with Gasteiger partial charge < -0.3 is 5.73 Å². The molecule has 1 amide bonds. The number of aromatic nitrogens is 2. The van der Waals surface area contributed by atoms with Crippen molar-refractivity contribution < 1.29 is 18.0 Å². The standard InChI is InChI=1S/C19H16F3N3O/c1-12-6-7-13(16(10-12)19(20,21)22)11-25-9-8-17(24-25)14-4-2-3-5-15(14)18(23)26/h2-10H,11H2,1H3,(H2,23,26). The minimum atomic E-state index is -4.43. The van der Waals surface area contributed by atoms with Gasteiger partial charge in [-0.3, -0.25) is 9.48 Å². The largest absolute Gasteiger partial charge is 0.416 e. The third-order valence-corrected chi connectivity index (χ3v) is 4.01. The molecule has 26 heavy (non-hydrogen) atoms. The van der Waals surface area contributed by atoms with Gasteiger partial charge in [0.05, 0.1) is 17.8 Å². The number of carbonyl (C=O) groups excluding carboxylic acids is 1. The molecule has 1 heterocycles. The van der Waals surface area contributed by atoms with Crippen LogP contribution in [-0.4, -0.2) is 15.7 Å². The minimum Gasteiger partial charge on any atom is -0.366 e. The molecule has 0 aliphatic carbocycles. The maximum Gasteiger partial charge on any atom is 0.416 e. The first-order valence-electron chi connectivity index (χ1n) is 7.85. The van der Waals surface area contributed by atoms with E-state index in [0.717, 1.165) is 6.07 Å². The van der Waals surface area contributed by atoms with E-state index in [1.165, 1.54) is 10.7 Å². The number of nitrogens with two attached hydrogens (primary N) is 1. The summed E-state index contributed by atoms with van der Waals surface area (Å²) in [4.78, 5) is 11.5. The van der Waals surface area contributed by atoms with E-state index in [1.807, 2.05) is 0 Å². The van der Waals surface area contributed by atoms with Crippen molar-refractivity contribution in [2.24, 2.45) is 5.73 Å². The van der Waals surface area contributed by atoms with E-state index >= 15 is 0 Å². The maximum atomic E-state index is 13.3. The van der Waals surface area contributed by atoms with Gasteiger partial charge in [-0.25, -0.2) is 0 Å². The minimum absolute atomic E-state index is 0.0339. The van der Waals surface area contributed by atoms with Crippen molar-refractivity contribution in [3.63, 3.8) is 0 Å². The summed E-state index contributed by atoms with van der Waals surface area (Å²) < 4.78 is 41.2. The lowest BCUT2D eigenvalue weighted by atomic mass is 10.0. The van der Waals surface area contributed by atoms with E-state index in [2.05, 4.69) is 5.10 Å². The van der Waals surface area contributed by atoms with Gasteiger partial charge in [0, 0.05) is 17.3 Å². The molecule has 2 N–H and O–H groups in total. The molecule has 3 aromatic rings. The molecule has 0 radical (unpaired) electrons. The quantitative estimate of drug-likeness (QED) is 0.765. The topological polar surface area (TPSA) is 60.9 Å². The Morgan fingerprint density at radius 3 is 2.58 bits per heavy atom. The summed E-state index contributed by atoms with van der Waals surface area (Å²) in [6.07, 6.45) is -2.86. The van der Waals surface area contributed by atoms with Crippen LogP contribution in [0.4, 0.5) is 13.2 Å². The van der Waals surface area contributed by atoms with Gasteiger partial charge in [0.2, 0.25) is 5.91 Å². The summed E-state index contributed by atoms with van der Waals surface area (Å²) in [5, 5.41) is 4.31. The summed E-state index contributed by atoms with van der Waals surface area (Å²) >= 11 is 0. The SMILES string of the molecule is Cc1ccc(Cn2ccc(-c3ccccc3C(N)=O)n2)c(C(F)(F)F)c1. The summed E-state index contributed by atoms with van der Waals surface area (Å²) in [5.41, 5.74) is 6.68. The predicted molar refractivity (Wildman–Crippen MR) is 91.5 cm³/mol. The van der Waals surface area contributed by atoms with Crippen molar-refractivity contribution in [3.8, 4) is 11.3 Å². The van der Waals surface area contributed by atoms with E-state index in [1.54, 1.807) is 49.5 Å². The zero-order chi connectivity index (χ0) is 18.9. The van der Waals surface area contributed by atoms with Crippen LogP contribution in [-0.2, 0) is 12.7 Å². The zero-order valence-electron chi connectivity index (χ0n) is 13.9. The highest BCUT2D eigenvalue weighted by Gasteiger charge is 2.33. The summed E-state index contributed by atoms with van der Waals surface area (Å²) in [5.74, 6) is -0.590. The normalized spacial score (nSPS) is 11.5. The summed E-state index contributed by atoms with van der Waals surface area (Å²) in [6, 6.07) is 12.6. The Kier molecular flexibility index (Phi) is 4.54. The molecule has 134 valence electrons. The zero-order valence-corrected chi connectivity index (χ0v) is 13.9. The van der Waals surface area contributed by atoms with Crippen molar-refractivity contribution in [2.45, 2.75) is 19.6 Å². The Labute approximate surface area is 148 Å². The Hall–Kier alpha value is -3.09. The Bertz CT molecular complexity index is 961. The fourth-order valence-corrected chi connectivity index (χ4v) is 2.78. The first-order chi connectivity index (χ1) is 12.3. The number of hydrogen-bond acceptors (Lipinski definition) is 2. The van der Waals surface area contributed by atoms with Crippen LogP contribution in [0.5, 0.6) is 0 Å². The lowest BCUT2D eigenvalue weighted by Crippen LogP contribution is -2.13. The first-order valence-corrected chi connectivity index (χ1v) is 7.85. The van der Waals surface area contributed by atoms with Crippen molar-refractivity contribution in [2.75, 3.05) is 0 Å². The summed E-state index contributed by atoms with van der Waals surface area (Å²) in [7, 11) is 0. The smallest absolute Gasteiger partial charge is 0.366 e. The molecule has 0 aliphatic heterocycles. The molecule has 0 spiro atoms. The van der Waals surface area contributed by atoms with Crippen LogP contribution in [0, 0.1) is 6.92 Å². The van der Waals surface area contributed by atoms with E-state index in [9.17, 15) is 18.0 Å². The van der Waals surface area contributed by atoms with Gasteiger partial charge in [0.25, 0.3) is 0 Å². The highest BCUT2D eigenvalue weighted by atomic mass is 19.4. The second-order valence-electron chi connectivity index (χ2n) is 5.97. The van der Waals surface area contributed by atoms with E-state index < -0.39 is 17.6 Å². The van der Waals surface area contributed by atoms with Crippen LogP contribution in [0.1, 0.15) is 27.0 Å². The molecule has 3 rings (SSSR count). The number of alkyl halides is 3. The van der Waals surface area contributed by atoms with Crippen molar-refractivity contribution in [1.82, 2.24) is 9.78 Å². The van der Waals surface area contributed by atoms with Crippen molar-refractivity contribution in [3.05, 3.63) is 77.0 Å². The Balaban J connectivity index is 1.95. The molecule has 0 saturated heterocycles. The number of hydrogen-bond donors (Lipinski definition) is 1. The molecule has 0 saturated carbocycles. The van der Waals surface area contributed by atoms with E-state index in [0.29, 0.717) is 22.4 Å². The second kappa shape index (κ2) is 6.67. The Morgan fingerprint density at radius 1 is 1.15 bits per heavy atom. The van der Waals surface area contributed by atoms with Gasteiger partial charge in [0.15, 0.2) is 0 Å². The monoisotopic (exact) mass is 359 g/mol. The number of amides is 1. The molecule has 7 heteroatoms. The van der Waals surface area contributed by atoms with E-state index in [-0.39, 0.29) is 12.1 Å². The van der Waals surface area contributed by atoms with Crippen LogP contribution < -0.4 is 5.73 Å². The highest BCUT2D eigenvalue weighted by Crippen LogP contribution is 2.33. The molecule has 1 aromatic heterocycles. The molecule has 4 nitrogen and oxygen atoms in total. The molecular formula is C19H16F3N3O. The summed E-state index contributed by atoms with van der Waals surface area (Å²) in [6.45, 7) is 1.58. The maximum absolute atomic E-state index is 13.3. The molecule has 0 aliphatic rings. The predicted octanol–water partition coefficient (Wildman–Crippen LogP) is 4.02. The van der Waals surface area contributed by atoms with Gasteiger partial charge in [-0.2, -0.15) is 18.3 Å². The number of rotatable bonds is 4. The van der Waals surface area contributed by atoms with Gasteiger partial charge in [-0.1, -0.05) is 35.9 Å². The van der Waals surface area contributed by atoms with Gasteiger partial charge in [0.1, 0.15) is 0 Å². The molecule has 0 atom stereocenters.